The van der Waals surface area contributed by atoms with E-state index in [1.165, 1.54) is 5.56 Å². The average Bonchev–Trinajstić information content (AvgIpc) is 2.70. The molecule has 0 aromatic heterocycles. The standard InChI is InChI=1S/C23H23NO2/c25-23(20-12-5-2-6-13-20)24-21-14-16-22(17-15-21)26-18-8-7-11-19-9-3-1-4-10-19/h1-6,9-10,12-17H,7-8,11,18H2,(H,24,25). The van der Waals surface area contributed by atoms with Crippen molar-refractivity contribution < 1.29 is 9.53 Å². The van der Waals surface area contributed by atoms with Crippen LogP contribution >= 0.6 is 0 Å². The molecule has 0 bridgehead atoms. The molecule has 3 heteroatoms. The van der Waals surface area contributed by atoms with Crippen LogP contribution < -0.4 is 10.1 Å². The number of benzene rings is 3. The minimum Gasteiger partial charge on any atom is -0.494 e. The summed E-state index contributed by atoms with van der Waals surface area (Å²) in [6.07, 6.45) is 3.20. The fourth-order valence-corrected chi connectivity index (χ4v) is 2.69. The van der Waals surface area contributed by atoms with Crippen LogP contribution in [0.25, 0.3) is 0 Å². The molecule has 0 spiro atoms. The van der Waals surface area contributed by atoms with E-state index < -0.39 is 0 Å². The molecule has 1 N–H and O–H groups in total. The fourth-order valence-electron chi connectivity index (χ4n) is 2.69. The molecular weight excluding hydrogens is 322 g/mol. The molecule has 3 aromatic rings. The summed E-state index contributed by atoms with van der Waals surface area (Å²) < 4.78 is 5.78. The van der Waals surface area contributed by atoms with Gasteiger partial charge >= 0.3 is 0 Å². The highest BCUT2D eigenvalue weighted by molar-refractivity contribution is 6.04. The maximum atomic E-state index is 12.1. The Hall–Kier alpha value is -3.07. The summed E-state index contributed by atoms with van der Waals surface area (Å²) in [7, 11) is 0. The second-order valence-corrected chi connectivity index (χ2v) is 6.14. The third-order valence-corrected chi connectivity index (χ3v) is 4.12. The highest BCUT2D eigenvalue weighted by Gasteiger charge is 2.05. The Labute approximate surface area is 154 Å². The molecule has 0 heterocycles. The topological polar surface area (TPSA) is 38.3 Å². The number of hydrogen-bond acceptors (Lipinski definition) is 2. The molecule has 0 fully saturated rings. The molecule has 0 radical (unpaired) electrons. The van der Waals surface area contributed by atoms with Gasteiger partial charge in [0.15, 0.2) is 0 Å². The normalized spacial score (nSPS) is 10.3. The Balaban J connectivity index is 1.39. The van der Waals surface area contributed by atoms with E-state index >= 15 is 0 Å². The zero-order chi connectivity index (χ0) is 18.0. The molecule has 0 aliphatic heterocycles. The summed E-state index contributed by atoms with van der Waals surface area (Å²) in [5.74, 6) is 0.711. The van der Waals surface area contributed by atoms with E-state index in [1.54, 1.807) is 12.1 Å². The van der Waals surface area contributed by atoms with Crippen molar-refractivity contribution in [2.45, 2.75) is 19.3 Å². The van der Waals surface area contributed by atoms with E-state index in [4.69, 9.17) is 4.74 Å². The number of rotatable bonds is 8. The summed E-state index contributed by atoms with van der Waals surface area (Å²) in [6.45, 7) is 0.697. The molecule has 0 aliphatic carbocycles. The van der Waals surface area contributed by atoms with Crippen molar-refractivity contribution in [1.29, 1.82) is 0 Å². The Morgan fingerprint density at radius 2 is 1.42 bits per heavy atom. The van der Waals surface area contributed by atoms with Crippen LogP contribution in [0.3, 0.4) is 0 Å². The molecule has 132 valence electrons. The van der Waals surface area contributed by atoms with Crippen LogP contribution in [0.4, 0.5) is 5.69 Å². The third kappa shape index (κ3) is 5.49. The molecule has 0 unspecified atom stereocenters. The number of carbonyl (C=O) groups excluding carboxylic acids is 1. The molecule has 3 rings (SSSR count). The van der Waals surface area contributed by atoms with Crippen LogP contribution in [0.5, 0.6) is 5.75 Å². The number of amides is 1. The first-order valence-electron chi connectivity index (χ1n) is 8.94. The van der Waals surface area contributed by atoms with Crippen LogP contribution in [0, 0.1) is 0 Å². The van der Waals surface area contributed by atoms with Crippen LogP contribution in [-0.4, -0.2) is 12.5 Å². The van der Waals surface area contributed by atoms with Gasteiger partial charge in [0, 0.05) is 11.3 Å². The van der Waals surface area contributed by atoms with Gasteiger partial charge in [-0.25, -0.2) is 0 Å². The maximum absolute atomic E-state index is 12.1. The SMILES string of the molecule is O=C(Nc1ccc(OCCCCc2ccccc2)cc1)c1ccccc1. The zero-order valence-electron chi connectivity index (χ0n) is 14.7. The minimum atomic E-state index is -0.111. The van der Waals surface area contributed by atoms with Gasteiger partial charge in [0.05, 0.1) is 6.61 Å². The summed E-state index contributed by atoms with van der Waals surface area (Å²) in [4.78, 5) is 12.1. The van der Waals surface area contributed by atoms with Gasteiger partial charge in [-0.1, -0.05) is 48.5 Å². The van der Waals surface area contributed by atoms with Gasteiger partial charge in [0.2, 0.25) is 0 Å². The summed E-state index contributed by atoms with van der Waals surface area (Å²) >= 11 is 0. The quantitative estimate of drug-likeness (QED) is 0.560. The van der Waals surface area contributed by atoms with Gasteiger partial charge < -0.3 is 10.1 Å². The smallest absolute Gasteiger partial charge is 0.255 e. The van der Waals surface area contributed by atoms with Gasteiger partial charge in [-0.15, -0.1) is 0 Å². The highest BCUT2D eigenvalue weighted by Crippen LogP contribution is 2.17. The van der Waals surface area contributed by atoms with Gasteiger partial charge in [-0.3, -0.25) is 4.79 Å². The van der Waals surface area contributed by atoms with Crippen LogP contribution in [0.1, 0.15) is 28.8 Å². The Morgan fingerprint density at radius 3 is 2.12 bits per heavy atom. The van der Waals surface area contributed by atoms with E-state index in [0.29, 0.717) is 12.2 Å². The van der Waals surface area contributed by atoms with Crippen molar-refractivity contribution in [1.82, 2.24) is 0 Å². The molecular formula is C23H23NO2. The molecule has 0 aliphatic rings. The molecule has 0 saturated heterocycles. The second-order valence-electron chi connectivity index (χ2n) is 6.14. The Morgan fingerprint density at radius 1 is 0.769 bits per heavy atom. The van der Waals surface area contributed by atoms with Crippen molar-refractivity contribution in [2.24, 2.45) is 0 Å². The van der Waals surface area contributed by atoms with Crippen molar-refractivity contribution in [3.8, 4) is 5.75 Å². The van der Waals surface area contributed by atoms with Crippen LogP contribution in [0.15, 0.2) is 84.9 Å². The lowest BCUT2D eigenvalue weighted by Crippen LogP contribution is -2.11. The Bertz CT molecular complexity index is 799. The number of carbonyl (C=O) groups is 1. The summed E-state index contributed by atoms with van der Waals surface area (Å²) in [6, 6.07) is 27.2. The molecule has 3 nitrogen and oxygen atoms in total. The minimum absolute atomic E-state index is 0.111. The number of anilines is 1. The lowest BCUT2D eigenvalue weighted by molar-refractivity contribution is 0.102. The summed E-state index contributed by atoms with van der Waals surface area (Å²) in [5, 5.41) is 2.89. The maximum Gasteiger partial charge on any atom is 0.255 e. The summed E-state index contributed by atoms with van der Waals surface area (Å²) in [5.41, 5.74) is 2.77. The van der Waals surface area contributed by atoms with Crippen molar-refractivity contribution in [3.05, 3.63) is 96.1 Å². The first-order valence-corrected chi connectivity index (χ1v) is 8.94. The first kappa shape index (κ1) is 17.7. The molecule has 0 saturated carbocycles. The molecule has 26 heavy (non-hydrogen) atoms. The van der Waals surface area contributed by atoms with Crippen molar-refractivity contribution >= 4 is 11.6 Å². The largest absolute Gasteiger partial charge is 0.494 e. The van der Waals surface area contributed by atoms with E-state index in [9.17, 15) is 4.79 Å². The van der Waals surface area contributed by atoms with Crippen molar-refractivity contribution in [2.75, 3.05) is 11.9 Å². The van der Waals surface area contributed by atoms with Gasteiger partial charge in [-0.2, -0.15) is 0 Å². The molecule has 3 aromatic carbocycles. The number of unbranched alkanes of at least 4 members (excludes halogenated alkanes) is 1. The third-order valence-electron chi connectivity index (χ3n) is 4.12. The predicted octanol–water partition coefficient (Wildman–Crippen LogP) is 5.34. The van der Waals surface area contributed by atoms with Crippen molar-refractivity contribution in [3.63, 3.8) is 0 Å². The lowest BCUT2D eigenvalue weighted by atomic mass is 10.1. The monoisotopic (exact) mass is 345 g/mol. The number of aryl methyl sites for hydroxylation is 1. The van der Waals surface area contributed by atoms with Gasteiger partial charge in [-0.05, 0) is 61.2 Å². The van der Waals surface area contributed by atoms with E-state index in [2.05, 4.69) is 29.6 Å². The molecule has 0 atom stereocenters. The Kier molecular flexibility index (Phi) is 6.43. The van der Waals surface area contributed by atoms with E-state index in [-0.39, 0.29) is 5.91 Å². The van der Waals surface area contributed by atoms with Crippen LogP contribution in [0.2, 0.25) is 0 Å². The number of nitrogens with one attached hydrogen (secondary N) is 1. The van der Waals surface area contributed by atoms with E-state index in [1.807, 2.05) is 48.5 Å². The molecule has 1 amide bonds. The highest BCUT2D eigenvalue weighted by atomic mass is 16.5. The zero-order valence-corrected chi connectivity index (χ0v) is 14.7. The predicted molar refractivity (Wildman–Crippen MR) is 106 cm³/mol. The van der Waals surface area contributed by atoms with E-state index in [0.717, 1.165) is 30.7 Å². The van der Waals surface area contributed by atoms with Gasteiger partial charge in [0.1, 0.15) is 5.75 Å². The number of ether oxygens (including phenoxy) is 1. The fraction of sp³-hybridized carbons (Fsp3) is 0.174. The lowest BCUT2D eigenvalue weighted by Gasteiger charge is -2.08. The average molecular weight is 345 g/mol. The van der Waals surface area contributed by atoms with Crippen LogP contribution in [-0.2, 0) is 6.42 Å². The number of hydrogen-bond donors (Lipinski definition) is 1. The second kappa shape index (κ2) is 9.42. The van der Waals surface area contributed by atoms with Gasteiger partial charge in [0.25, 0.3) is 5.91 Å². The first-order chi connectivity index (χ1) is 12.8.